The van der Waals surface area contributed by atoms with Crippen molar-refractivity contribution in [3.8, 4) is 0 Å². The highest BCUT2D eigenvalue weighted by molar-refractivity contribution is 5.74. The van der Waals surface area contributed by atoms with Crippen LogP contribution in [0.25, 0.3) is 0 Å². The van der Waals surface area contributed by atoms with E-state index in [2.05, 4.69) is 5.32 Å². The number of aryl methyl sites for hydroxylation is 1. The fraction of sp³-hybridized carbons (Fsp3) is 0.500. The van der Waals surface area contributed by atoms with Crippen LogP contribution in [-0.2, 0) is 11.3 Å². The molecule has 0 aliphatic carbocycles. The number of hydrogen-bond acceptors (Lipinski definition) is 4. The Morgan fingerprint density at radius 1 is 1.47 bits per heavy atom. The van der Waals surface area contributed by atoms with Gasteiger partial charge in [0, 0.05) is 20.0 Å². The Balaban J connectivity index is 2.31. The molecule has 0 radical (unpaired) electrons. The first-order valence-electron chi connectivity index (χ1n) is 5.85. The molecule has 19 heavy (non-hydrogen) atoms. The van der Waals surface area contributed by atoms with Crippen LogP contribution in [0.3, 0.4) is 0 Å². The second-order valence-corrected chi connectivity index (χ2v) is 4.24. The van der Waals surface area contributed by atoms with Crippen LogP contribution >= 0.6 is 0 Å². The zero-order valence-corrected chi connectivity index (χ0v) is 10.9. The number of nitrogens with one attached hydrogen (secondary N) is 1. The third-order valence-corrected chi connectivity index (χ3v) is 2.51. The van der Waals surface area contributed by atoms with E-state index in [1.807, 2.05) is 13.0 Å². The number of furan rings is 1. The summed E-state index contributed by atoms with van der Waals surface area (Å²) in [4.78, 5) is 23.4. The van der Waals surface area contributed by atoms with E-state index < -0.39 is 12.1 Å². The Morgan fingerprint density at radius 2 is 2.16 bits per heavy atom. The van der Waals surface area contributed by atoms with Gasteiger partial charge in [-0.1, -0.05) is 0 Å². The minimum Gasteiger partial charge on any atom is -0.479 e. The van der Waals surface area contributed by atoms with E-state index >= 15 is 0 Å². The van der Waals surface area contributed by atoms with Gasteiger partial charge in [0.25, 0.3) is 0 Å². The summed E-state index contributed by atoms with van der Waals surface area (Å²) in [6, 6.07) is 3.24. The van der Waals surface area contributed by atoms with E-state index in [0.29, 0.717) is 12.3 Å². The Labute approximate surface area is 110 Å². The van der Waals surface area contributed by atoms with Gasteiger partial charge in [-0.25, -0.2) is 9.59 Å². The molecule has 3 N–H and O–H groups in total. The minimum absolute atomic E-state index is 0.0330. The summed E-state index contributed by atoms with van der Waals surface area (Å²) >= 11 is 0. The van der Waals surface area contributed by atoms with Crippen LogP contribution in [-0.4, -0.2) is 46.8 Å². The highest BCUT2D eigenvalue weighted by atomic mass is 16.4. The lowest BCUT2D eigenvalue weighted by Gasteiger charge is -2.17. The number of rotatable bonds is 6. The predicted octanol–water partition coefficient (Wildman–Crippen LogP) is 0.565. The van der Waals surface area contributed by atoms with Gasteiger partial charge in [0.1, 0.15) is 11.5 Å². The molecule has 0 aliphatic heterocycles. The smallest absolute Gasteiger partial charge is 0.332 e. The van der Waals surface area contributed by atoms with Crippen molar-refractivity contribution in [3.63, 3.8) is 0 Å². The lowest BCUT2D eigenvalue weighted by molar-refractivity contribution is -0.146. The Kier molecular flexibility index (Phi) is 5.37. The summed E-state index contributed by atoms with van der Waals surface area (Å²) in [6.07, 6.45) is -1.49. The summed E-state index contributed by atoms with van der Waals surface area (Å²) in [7, 11) is 1.60. The molecule has 0 aromatic carbocycles. The molecule has 7 heteroatoms. The third kappa shape index (κ3) is 5.01. The number of carboxylic acids is 1. The maximum absolute atomic E-state index is 11.6. The molecule has 1 heterocycles. The second-order valence-electron chi connectivity index (χ2n) is 4.24. The van der Waals surface area contributed by atoms with Gasteiger partial charge in [0.2, 0.25) is 0 Å². The quantitative estimate of drug-likeness (QED) is 0.701. The number of hydrogen-bond donors (Lipinski definition) is 3. The van der Waals surface area contributed by atoms with Gasteiger partial charge in [-0.2, -0.15) is 0 Å². The molecule has 0 saturated carbocycles. The van der Waals surface area contributed by atoms with Crippen molar-refractivity contribution in [1.82, 2.24) is 10.2 Å². The molecule has 0 aliphatic rings. The van der Waals surface area contributed by atoms with Crippen molar-refractivity contribution in [3.05, 3.63) is 23.7 Å². The van der Waals surface area contributed by atoms with Gasteiger partial charge < -0.3 is 24.8 Å². The van der Waals surface area contributed by atoms with Gasteiger partial charge >= 0.3 is 12.0 Å². The van der Waals surface area contributed by atoms with Crippen molar-refractivity contribution in [2.75, 3.05) is 13.6 Å². The summed E-state index contributed by atoms with van der Waals surface area (Å²) < 4.78 is 5.34. The van der Waals surface area contributed by atoms with Crippen molar-refractivity contribution in [2.24, 2.45) is 0 Å². The van der Waals surface area contributed by atoms with Gasteiger partial charge in [-0.3, -0.25) is 0 Å². The zero-order valence-electron chi connectivity index (χ0n) is 10.9. The minimum atomic E-state index is -1.46. The van der Waals surface area contributed by atoms with E-state index in [-0.39, 0.29) is 19.0 Å². The SMILES string of the molecule is Cc1ccc(CN(C)C(=O)NCC[C@H](O)C(=O)O)o1. The summed E-state index contributed by atoms with van der Waals surface area (Å²) in [5, 5.41) is 20.0. The van der Waals surface area contributed by atoms with Crippen LogP contribution in [0.5, 0.6) is 0 Å². The van der Waals surface area contributed by atoms with Crippen molar-refractivity contribution >= 4 is 12.0 Å². The first kappa shape index (κ1) is 15.0. The number of aliphatic hydroxyl groups is 1. The molecule has 0 spiro atoms. The number of carboxylic acid groups (broad SMARTS) is 1. The van der Waals surface area contributed by atoms with Crippen LogP contribution in [0.4, 0.5) is 4.79 Å². The molecule has 1 rings (SSSR count). The summed E-state index contributed by atoms with van der Waals surface area (Å²) in [5.41, 5.74) is 0. The van der Waals surface area contributed by atoms with Crippen LogP contribution in [0.1, 0.15) is 17.9 Å². The van der Waals surface area contributed by atoms with E-state index in [0.717, 1.165) is 5.76 Å². The number of urea groups is 1. The van der Waals surface area contributed by atoms with Gasteiger partial charge in [-0.15, -0.1) is 0 Å². The lowest BCUT2D eigenvalue weighted by Crippen LogP contribution is -2.38. The number of nitrogens with zero attached hydrogens (tertiary/aromatic N) is 1. The molecular weight excluding hydrogens is 252 g/mol. The molecule has 1 atom stereocenters. The molecule has 0 saturated heterocycles. The molecule has 1 aromatic heterocycles. The molecule has 0 unspecified atom stereocenters. The van der Waals surface area contributed by atoms with Gasteiger partial charge in [0.15, 0.2) is 6.10 Å². The number of aliphatic carboxylic acids is 1. The summed E-state index contributed by atoms with van der Waals surface area (Å²) in [6.45, 7) is 2.23. The van der Waals surface area contributed by atoms with Crippen LogP contribution < -0.4 is 5.32 Å². The summed E-state index contributed by atoms with van der Waals surface area (Å²) in [5.74, 6) is 0.141. The highest BCUT2D eigenvalue weighted by Crippen LogP contribution is 2.08. The highest BCUT2D eigenvalue weighted by Gasteiger charge is 2.14. The van der Waals surface area contributed by atoms with Gasteiger partial charge in [0.05, 0.1) is 6.54 Å². The largest absolute Gasteiger partial charge is 0.479 e. The van der Waals surface area contributed by atoms with E-state index in [4.69, 9.17) is 14.6 Å². The van der Waals surface area contributed by atoms with Crippen molar-refractivity contribution in [1.29, 1.82) is 0 Å². The van der Waals surface area contributed by atoms with Crippen LogP contribution in [0.2, 0.25) is 0 Å². The average molecular weight is 270 g/mol. The molecule has 2 amide bonds. The normalized spacial score (nSPS) is 11.9. The Bertz CT molecular complexity index is 443. The molecule has 7 nitrogen and oxygen atoms in total. The number of carbonyl (C=O) groups excluding carboxylic acids is 1. The standard InChI is InChI=1S/C12H18N2O5/c1-8-3-4-9(19-8)7-14(2)12(18)13-6-5-10(15)11(16)17/h3-4,10,15H,5-7H2,1-2H3,(H,13,18)(H,16,17)/t10-/m0/s1. The molecule has 106 valence electrons. The maximum Gasteiger partial charge on any atom is 0.332 e. The first-order chi connectivity index (χ1) is 8.90. The van der Waals surface area contributed by atoms with Crippen molar-refractivity contribution < 1.29 is 24.2 Å². The van der Waals surface area contributed by atoms with Gasteiger partial charge in [-0.05, 0) is 19.1 Å². The third-order valence-electron chi connectivity index (χ3n) is 2.51. The fourth-order valence-electron chi connectivity index (χ4n) is 1.45. The van der Waals surface area contributed by atoms with Crippen LogP contribution in [0.15, 0.2) is 16.5 Å². The first-order valence-corrected chi connectivity index (χ1v) is 5.85. The monoisotopic (exact) mass is 270 g/mol. The van der Waals surface area contributed by atoms with E-state index in [1.165, 1.54) is 4.90 Å². The molecule has 1 aromatic rings. The van der Waals surface area contributed by atoms with E-state index in [9.17, 15) is 9.59 Å². The van der Waals surface area contributed by atoms with E-state index in [1.54, 1.807) is 13.1 Å². The molecule has 0 fully saturated rings. The lowest BCUT2D eigenvalue weighted by atomic mass is 10.2. The fourth-order valence-corrected chi connectivity index (χ4v) is 1.45. The van der Waals surface area contributed by atoms with Crippen LogP contribution in [0, 0.1) is 6.92 Å². The number of amides is 2. The average Bonchev–Trinajstić information content (AvgIpc) is 2.74. The zero-order chi connectivity index (χ0) is 14.4. The Morgan fingerprint density at radius 3 is 2.68 bits per heavy atom. The molecule has 0 bridgehead atoms. The van der Waals surface area contributed by atoms with Crippen molar-refractivity contribution in [2.45, 2.75) is 26.0 Å². The number of carbonyl (C=O) groups is 2. The number of aliphatic hydroxyl groups excluding tert-OH is 1. The topological polar surface area (TPSA) is 103 Å². The second kappa shape index (κ2) is 6.79. The molecular formula is C12H18N2O5. The predicted molar refractivity (Wildman–Crippen MR) is 66.6 cm³/mol. The Hall–Kier alpha value is -2.02. The maximum atomic E-state index is 11.6.